The van der Waals surface area contributed by atoms with E-state index in [0.29, 0.717) is 31.2 Å². The van der Waals surface area contributed by atoms with Crippen LogP contribution < -0.4 is 9.64 Å². The van der Waals surface area contributed by atoms with Gasteiger partial charge in [-0.05, 0) is 36.4 Å². The first-order valence-corrected chi connectivity index (χ1v) is 8.87. The monoisotopic (exact) mass is 406 g/mol. The number of carbonyl (C=O) groups is 1. The van der Waals surface area contributed by atoms with Gasteiger partial charge in [-0.1, -0.05) is 35.6 Å². The zero-order chi connectivity index (χ0) is 18.8. The molecule has 0 aromatic heterocycles. The van der Waals surface area contributed by atoms with Gasteiger partial charge in [-0.25, -0.2) is 0 Å². The molecule has 1 fully saturated rings. The van der Waals surface area contributed by atoms with Crippen LogP contribution in [-0.4, -0.2) is 22.3 Å². The van der Waals surface area contributed by atoms with Crippen LogP contribution in [0.1, 0.15) is 5.56 Å². The number of rotatable bonds is 4. The summed E-state index contributed by atoms with van der Waals surface area (Å²) in [4.78, 5) is 25.0. The lowest BCUT2D eigenvalue weighted by Gasteiger charge is -2.14. The fourth-order valence-electron chi connectivity index (χ4n) is 2.37. The zero-order valence-corrected chi connectivity index (χ0v) is 15.7. The molecule has 2 aromatic carbocycles. The molecule has 1 aliphatic heterocycles. The van der Waals surface area contributed by atoms with Crippen molar-refractivity contribution < 1.29 is 14.5 Å². The zero-order valence-electron chi connectivity index (χ0n) is 13.3. The Labute approximate surface area is 163 Å². The van der Waals surface area contributed by atoms with Crippen LogP contribution in [0.5, 0.6) is 5.75 Å². The van der Waals surface area contributed by atoms with Crippen molar-refractivity contribution in [1.29, 1.82) is 0 Å². The Morgan fingerprint density at radius 2 is 1.96 bits per heavy atom. The van der Waals surface area contributed by atoms with Crippen LogP contribution in [0.25, 0.3) is 6.08 Å². The van der Waals surface area contributed by atoms with Crippen LogP contribution in [0, 0.1) is 10.1 Å². The first kappa shape index (κ1) is 18.4. The SMILES string of the molecule is COc1ccc([N+](=O)[O-])cc1/C=C1\SC(=S)N(c2ccc(Cl)cc2)C1=O. The molecular formula is C17H11ClN2O4S2. The number of nitrogens with zero attached hydrogens (tertiary/aromatic N) is 2. The minimum atomic E-state index is -0.504. The van der Waals surface area contributed by atoms with Gasteiger partial charge in [0, 0.05) is 22.7 Å². The van der Waals surface area contributed by atoms with Gasteiger partial charge in [0.25, 0.3) is 11.6 Å². The van der Waals surface area contributed by atoms with E-state index in [4.69, 9.17) is 28.6 Å². The molecule has 9 heteroatoms. The number of non-ortho nitro benzene ring substituents is 1. The Hall–Kier alpha value is -2.42. The number of thiocarbonyl (C=S) groups is 1. The number of amides is 1. The van der Waals surface area contributed by atoms with Crippen LogP contribution in [0.3, 0.4) is 0 Å². The maximum atomic E-state index is 12.8. The Balaban J connectivity index is 1.99. The molecule has 0 bridgehead atoms. The van der Waals surface area contributed by atoms with E-state index >= 15 is 0 Å². The smallest absolute Gasteiger partial charge is 0.270 e. The largest absolute Gasteiger partial charge is 0.496 e. The lowest BCUT2D eigenvalue weighted by Crippen LogP contribution is -2.27. The summed E-state index contributed by atoms with van der Waals surface area (Å²) in [6.07, 6.45) is 1.54. The summed E-state index contributed by atoms with van der Waals surface area (Å²) in [7, 11) is 1.46. The van der Waals surface area contributed by atoms with E-state index in [1.54, 1.807) is 30.3 Å². The molecule has 0 saturated carbocycles. The van der Waals surface area contributed by atoms with Crippen LogP contribution in [0.2, 0.25) is 5.02 Å². The summed E-state index contributed by atoms with van der Waals surface area (Å²) in [5.41, 5.74) is 0.940. The minimum absolute atomic E-state index is 0.0924. The summed E-state index contributed by atoms with van der Waals surface area (Å²) in [6, 6.07) is 10.9. The minimum Gasteiger partial charge on any atom is -0.496 e. The van der Waals surface area contributed by atoms with E-state index < -0.39 is 4.92 Å². The quantitative estimate of drug-likeness (QED) is 0.318. The van der Waals surface area contributed by atoms with E-state index in [1.165, 1.54) is 30.2 Å². The fourth-order valence-corrected chi connectivity index (χ4v) is 3.79. The normalized spacial score (nSPS) is 15.6. The van der Waals surface area contributed by atoms with Crippen LogP contribution in [-0.2, 0) is 4.79 Å². The van der Waals surface area contributed by atoms with Crippen LogP contribution >= 0.6 is 35.6 Å². The number of nitro benzene ring substituents is 1. The third kappa shape index (κ3) is 3.57. The fraction of sp³-hybridized carbons (Fsp3) is 0.0588. The van der Waals surface area contributed by atoms with Gasteiger partial charge in [0.15, 0.2) is 4.32 Å². The molecule has 0 atom stereocenters. The number of halogens is 1. The molecule has 6 nitrogen and oxygen atoms in total. The van der Waals surface area contributed by atoms with Gasteiger partial charge in [0.05, 0.1) is 22.6 Å². The molecule has 132 valence electrons. The summed E-state index contributed by atoms with van der Waals surface area (Å²) in [6.45, 7) is 0. The van der Waals surface area contributed by atoms with Crippen molar-refractivity contribution in [3.63, 3.8) is 0 Å². The van der Waals surface area contributed by atoms with E-state index in [2.05, 4.69) is 0 Å². The number of nitro groups is 1. The standard InChI is InChI=1S/C17H11ClN2O4S2/c1-24-14-7-6-13(20(22)23)8-10(14)9-15-16(21)19(17(25)26-15)12-4-2-11(18)3-5-12/h2-9H,1H3/b15-9-. The lowest BCUT2D eigenvalue weighted by molar-refractivity contribution is -0.384. The second-order valence-corrected chi connectivity index (χ2v) is 7.29. The molecule has 2 aromatic rings. The molecule has 0 spiro atoms. The second-order valence-electron chi connectivity index (χ2n) is 5.18. The molecule has 3 rings (SSSR count). The van der Waals surface area contributed by atoms with Gasteiger partial charge in [-0.3, -0.25) is 19.8 Å². The van der Waals surface area contributed by atoms with Crippen molar-refractivity contribution in [3.05, 3.63) is 68.1 Å². The predicted octanol–water partition coefficient (Wildman–Crippen LogP) is 4.66. The van der Waals surface area contributed by atoms with Crippen molar-refractivity contribution in [2.75, 3.05) is 12.0 Å². The number of ether oxygens (including phenoxy) is 1. The predicted molar refractivity (Wildman–Crippen MR) is 107 cm³/mol. The Kier molecular flexibility index (Phi) is 5.26. The number of anilines is 1. The molecule has 1 heterocycles. The first-order valence-electron chi connectivity index (χ1n) is 7.26. The van der Waals surface area contributed by atoms with Crippen molar-refractivity contribution in [3.8, 4) is 5.75 Å². The topological polar surface area (TPSA) is 72.7 Å². The molecule has 0 aliphatic carbocycles. The van der Waals surface area contributed by atoms with Crippen LogP contribution in [0.15, 0.2) is 47.4 Å². The first-order chi connectivity index (χ1) is 12.4. The molecule has 0 unspecified atom stereocenters. The van der Waals surface area contributed by atoms with E-state index in [-0.39, 0.29) is 11.6 Å². The van der Waals surface area contributed by atoms with Gasteiger partial charge >= 0.3 is 0 Å². The Bertz CT molecular complexity index is 944. The lowest BCUT2D eigenvalue weighted by atomic mass is 10.1. The van der Waals surface area contributed by atoms with Gasteiger partial charge in [-0.15, -0.1) is 0 Å². The van der Waals surface area contributed by atoms with Gasteiger partial charge in [0.1, 0.15) is 5.75 Å². The number of methoxy groups -OCH3 is 1. The third-order valence-electron chi connectivity index (χ3n) is 3.59. The second kappa shape index (κ2) is 7.45. The van der Waals surface area contributed by atoms with E-state index in [0.717, 1.165) is 11.8 Å². The number of thioether (sulfide) groups is 1. The molecule has 26 heavy (non-hydrogen) atoms. The number of hydrogen-bond acceptors (Lipinski definition) is 6. The van der Waals surface area contributed by atoms with Gasteiger partial charge in [-0.2, -0.15) is 0 Å². The van der Waals surface area contributed by atoms with Crippen molar-refractivity contribution in [2.24, 2.45) is 0 Å². The van der Waals surface area contributed by atoms with Crippen molar-refractivity contribution in [2.45, 2.75) is 0 Å². The molecule has 1 aliphatic rings. The van der Waals surface area contributed by atoms with Crippen LogP contribution in [0.4, 0.5) is 11.4 Å². The maximum absolute atomic E-state index is 12.8. The maximum Gasteiger partial charge on any atom is 0.270 e. The van der Waals surface area contributed by atoms with E-state index in [9.17, 15) is 14.9 Å². The van der Waals surface area contributed by atoms with Crippen molar-refractivity contribution in [1.82, 2.24) is 0 Å². The highest BCUT2D eigenvalue weighted by Crippen LogP contribution is 2.38. The summed E-state index contributed by atoms with van der Waals surface area (Å²) >= 11 is 12.3. The summed E-state index contributed by atoms with van der Waals surface area (Å²) in [5.74, 6) is 0.114. The molecule has 1 amide bonds. The molecule has 0 N–H and O–H groups in total. The third-order valence-corrected chi connectivity index (χ3v) is 5.14. The average molecular weight is 407 g/mol. The summed E-state index contributed by atoms with van der Waals surface area (Å²) < 4.78 is 5.60. The molecular weight excluding hydrogens is 396 g/mol. The Morgan fingerprint density at radius 1 is 1.27 bits per heavy atom. The van der Waals surface area contributed by atoms with Crippen molar-refractivity contribution >= 4 is 63.3 Å². The highest BCUT2D eigenvalue weighted by molar-refractivity contribution is 8.27. The number of hydrogen-bond donors (Lipinski definition) is 0. The van der Waals surface area contributed by atoms with E-state index in [1.807, 2.05) is 0 Å². The van der Waals surface area contributed by atoms with Gasteiger partial charge in [0.2, 0.25) is 0 Å². The average Bonchev–Trinajstić information content (AvgIpc) is 2.89. The highest BCUT2D eigenvalue weighted by atomic mass is 35.5. The molecule has 0 radical (unpaired) electrons. The molecule has 1 saturated heterocycles. The summed E-state index contributed by atoms with van der Waals surface area (Å²) in [5, 5.41) is 11.6. The number of carbonyl (C=O) groups excluding carboxylic acids is 1. The Morgan fingerprint density at radius 3 is 2.58 bits per heavy atom. The number of benzene rings is 2. The van der Waals surface area contributed by atoms with Gasteiger partial charge < -0.3 is 4.74 Å². The highest BCUT2D eigenvalue weighted by Gasteiger charge is 2.33.